The second-order valence-corrected chi connectivity index (χ2v) is 7.02. The number of benzene rings is 1. The minimum absolute atomic E-state index is 0.329. The number of ether oxygens (including phenoxy) is 1. The van der Waals surface area contributed by atoms with Crippen molar-refractivity contribution in [3.63, 3.8) is 0 Å². The van der Waals surface area contributed by atoms with Gasteiger partial charge < -0.3 is 14.3 Å². The Hall–Kier alpha value is -1.32. The summed E-state index contributed by atoms with van der Waals surface area (Å²) in [7, 11) is 1.70. The van der Waals surface area contributed by atoms with Crippen LogP contribution in [0.5, 0.6) is 0 Å². The molecule has 3 heteroatoms. The Balaban J connectivity index is 1.90. The van der Waals surface area contributed by atoms with E-state index in [9.17, 15) is 5.11 Å². The number of para-hydroxylation sites is 1. The number of methoxy groups -OCH3 is 1. The van der Waals surface area contributed by atoms with E-state index < -0.39 is 11.7 Å². The fraction of sp³-hybridized carbons (Fsp3) is 0.556. The van der Waals surface area contributed by atoms with Gasteiger partial charge in [0.05, 0.1) is 0 Å². The third-order valence-corrected chi connectivity index (χ3v) is 5.07. The fourth-order valence-corrected chi connectivity index (χ4v) is 3.34. The van der Waals surface area contributed by atoms with Crippen molar-refractivity contribution in [2.75, 3.05) is 7.11 Å². The lowest BCUT2D eigenvalue weighted by Gasteiger charge is -2.44. The Morgan fingerprint density at radius 3 is 2.43 bits per heavy atom. The highest BCUT2D eigenvalue weighted by molar-refractivity contribution is 5.77. The SMILES string of the molecule is COC1(C(O)c2cc3ccccc3o2)CCC(C)(C)CC1. The molecule has 1 N–H and O–H groups in total. The number of furan rings is 1. The monoisotopic (exact) mass is 288 g/mol. The summed E-state index contributed by atoms with van der Waals surface area (Å²) in [4.78, 5) is 0. The van der Waals surface area contributed by atoms with E-state index >= 15 is 0 Å². The summed E-state index contributed by atoms with van der Waals surface area (Å²) in [6, 6.07) is 9.77. The summed E-state index contributed by atoms with van der Waals surface area (Å²) >= 11 is 0. The molecule has 1 saturated carbocycles. The van der Waals surface area contributed by atoms with Crippen molar-refractivity contribution >= 4 is 11.0 Å². The molecule has 0 amide bonds. The number of aliphatic hydroxyl groups is 1. The maximum absolute atomic E-state index is 10.8. The third kappa shape index (κ3) is 2.60. The van der Waals surface area contributed by atoms with Crippen LogP contribution in [-0.4, -0.2) is 17.8 Å². The second-order valence-electron chi connectivity index (χ2n) is 7.02. The smallest absolute Gasteiger partial charge is 0.140 e. The molecule has 0 saturated heterocycles. The van der Waals surface area contributed by atoms with Crippen LogP contribution in [0.3, 0.4) is 0 Å². The van der Waals surface area contributed by atoms with Gasteiger partial charge in [-0.1, -0.05) is 32.0 Å². The van der Waals surface area contributed by atoms with Crippen molar-refractivity contribution in [1.82, 2.24) is 0 Å². The van der Waals surface area contributed by atoms with Gasteiger partial charge in [-0.3, -0.25) is 0 Å². The molecule has 0 spiro atoms. The van der Waals surface area contributed by atoms with Crippen LogP contribution < -0.4 is 0 Å². The number of aliphatic hydroxyl groups excluding tert-OH is 1. The molecule has 1 heterocycles. The zero-order valence-electron chi connectivity index (χ0n) is 13.1. The van der Waals surface area contributed by atoms with Crippen molar-refractivity contribution < 1.29 is 14.3 Å². The normalized spacial score (nSPS) is 22.3. The Labute approximate surface area is 125 Å². The molecule has 21 heavy (non-hydrogen) atoms. The van der Waals surface area contributed by atoms with Gasteiger partial charge in [-0.05, 0) is 43.2 Å². The van der Waals surface area contributed by atoms with Crippen molar-refractivity contribution in [3.05, 3.63) is 36.1 Å². The van der Waals surface area contributed by atoms with E-state index in [0.29, 0.717) is 11.2 Å². The summed E-state index contributed by atoms with van der Waals surface area (Å²) in [5.74, 6) is 0.609. The maximum atomic E-state index is 10.8. The lowest BCUT2D eigenvalue weighted by atomic mass is 9.68. The first-order valence-corrected chi connectivity index (χ1v) is 7.68. The molecular formula is C18H24O3. The van der Waals surface area contributed by atoms with E-state index in [2.05, 4.69) is 13.8 Å². The highest BCUT2D eigenvalue weighted by atomic mass is 16.5. The largest absolute Gasteiger partial charge is 0.458 e. The van der Waals surface area contributed by atoms with E-state index in [4.69, 9.17) is 9.15 Å². The summed E-state index contributed by atoms with van der Waals surface area (Å²) in [5.41, 5.74) is 0.618. The van der Waals surface area contributed by atoms with Crippen LogP contribution in [-0.2, 0) is 4.74 Å². The molecule has 1 aromatic heterocycles. The molecule has 1 fully saturated rings. The number of fused-ring (bicyclic) bond motifs is 1. The Morgan fingerprint density at radius 2 is 1.81 bits per heavy atom. The summed E-state index contributed by atoms with van der Waals surface area (Å²) in [6.45, 7) is 4.56. The van der Waals surface area contributed by atoms with Gasteiger partial charge in [-0.25, -0.2) is 0 Å². The molecule has 0 bridgehead atoms. The molecule has 2 aromatic rings. The molecule has 3 rings (SSSR count). The van der Waals surface area contributed by atoms with Crippen molar-refractivity contribution in [1.29, 1.82) is 0 Å². The van der Waals surface area contributed by atoms with Gasteiger partial charge >= 0.3 is 0 Å². The average Bonchev–Trinajstić information content (AvgIpc) is 2.91. The van der Waals surface area contributed by atoms with Crippen LogP contribution in [0, 0.1) is 5.41 Å². The minimum atomic E-state index is -0.717. The quantitative estimate of drug-likeness (QED) is 0.907. The van der Waals surface area contributed by atoms with Gasteiger partial charge in [0.15, 0.2) is 0 Å². The summed E-state index contributed by atoms with van der Waals surface area (Å²) in [6.07, 6.45) is 3.10. The molecule has 0 radical (unpaired) electrons. The summed E-state index contributed by atoms with van der Waals surface area (Å²) < 4.78 is 11.6. The van der Waals surface area contributed by atoms with E-state index in [1.54, 1.807) is 7.11 Å². The zero-order chi connectivity index (χ0) is 15.1. The highest BCUT2D eigenvalue weighted by Crippen LogP contribution is 2.47. The average molecular weight is 288 g/mol. The number of rotatable bonds is 3. The van der Waals surface area contributed by atoms with Crippen LogP contribution in [0.2, 0.25) is 0 Å². The fourth-order valence-electron chi connectivity index (χ4n) is 3.34. The van der Waals surface area contributed by atoms with E-state index in [1.165, 1.54) is 0 Å². The Bertz CT molecular complexity index is 583. The van der Waals surface area contributed by atoms with Crippen LogP contribution in [0.4, 0.5) is 0 Å². The lowest BCUT2D eigenvalue weighted by molar-refractivity contribution is -0.143. The van der Waals surface area contributed by atoms with Crippen molar-refractivity contribution in [2.45, 2.75) is 51.2 Å². The maximum Gasteiger partial charge on any atom is 0.140 e. The van der Waals surface area contributed by atoms with Gasteiger partial charge in [0.2, 0.25) is 0 Å². The molecular weight excluding hydrogens is 264 g/mol. The van der Waals surface area contributed by atoms with Crippen LogP contribution in [0.25, 0.3) is 11.0 Å². The van der Waals surface area contributed by atoms with Crippen LogP contribution in [0.15, 0.2) is 34.7 Å². The van der Waals surface area contributed by atoms with E-state index in [1.807, 2.05) is 30.3 Å². The minimum Gasteiger partial charge on any atom is -0.458 e. The Kier molecular flexibility index (Phi) is 3.58. The van der Waals surface area contributed by atoms with Crippen LogP contribution >= 0.6 is 0 Å². The standard InChI is InChI=1S/C18H24O3/c1-17(2)8-10-18(20-3,11-9-17)16(19)15-12-13-6-4-5-7-14(13)21-15/h4-7,12,16,19H,8-11H2,1-3H3. The van der Waals surface area contributed by atoms with Crippen molar-refractivity contribution in [3.8, 4) is 0 Å². The first-order valence-electron chi connectivity index (χ1n) is 7.68. The van der Waals surface area contributed by atoms with Crippen LogP contribution in [0.1, 0.15) is 51.4 Å². The van der Waals surface area contributed by atoms with E-state index in [-0.39, 0.29) is 0 Å². The third-order valence-electron chi connectivity index (χ3n) is 5.07. The molecule has 3 nitrogen and oxygen atoms in total. The number of hydrogen-bond donors (Lipinski definition) is 1. The van der Waals surface area contributed by atoms with Crippen molar-refractivity contribution in [2.24, 2.45) is 5.41 Å². The van der Waals surface area contributed by atoms with E-state index in [0.717, 1.165) is 36.7 Å². The molecule has 1 unspecified atom stereocenters. The second kappa shape index (κ2) is 5.15. The molecule has 1 atom stereocenters. The van der Waals surface area contributed by atoms with Gasteiger partial charge in [-0.2, -0.15) is 0 Å². The van der Waals surface area contributed by atoms with Gasteiger partial charge in [0.25, 0.3) is 0 Å². The first kappa shape index (κ1) is 14.6. The predicted octanol–water partition coefficient (Wildman–Crippen LogP) is 4.45. The molecule has 1 aliphatic carbocycles. The van der Waals surface area contributed by atoms with Gasteiger partial charge in [-0.15, -0.1) is 0 Å². The highest BCUT2D eigenvalue weighted by Gasteiger charge is 2.45. The molecule has 1 aliphatic rings. The number of hydrogen-bond acceptors (Lipinski definition) is 3. The predicted molar refractivity (Wildman–Crippen MR) is 83.2 cm³/mol. The van der Waals surface area contributed by atoms with Gasteiger partial charge in [0, 0.05) is 12.5 Å². The molecule has 114 valence electrons. The summed E-state index contributed by atoms with van der Waals surface area (Å²) in [5, 5.41) is 11.9. The van der Waals surface area contributed by atoms with Gasteiger partial charge in [0.1, 0.15) is 23.0 Å². The molecule has 0 aliphatic heterocycles. The first-order chi connectivity index (χ1) is 9.96. The molecule has 1 aromatic carbocycles. The topological polar surface area (TPSA) is 42.6 Å². The Morgan fingerprint density at radius 1 is 1.14 bits per heavy atom. The zero-order valence-corrected chi connectivity index (χ0v) is 13.1. The lowest BCUT2D eigenvalue weighted by Crippen LogP contribution is -2.43.